The fourth-order valence-electron chi connectivity index (χ4n) is 2.87. The van der Waals surface area contributed by atoms with Crippen molar-refractivity contribution in [3.05, 3.63) is 48.5 Å². The van der Waals surface area contributed by atoms with Gasteiger partial charge in [-0.05, 0) is 30.5 Å². The molecule has 136 valence electrons. The van der Waals surface area contributed by atoms with E-state index < -0.39 is 6.10 Å². The van der Waals surface area contributed by atoms with Gasteiger partial charge in [-0.25, -0.2) is 0 Å². The predicted molar refractivity (Wildman–Crippen MR) is 104 cm³/mol. The van der Waals surface area contributed by atoms with Gasteiger partial charge < -0.3 is 20.3 Å². The Morgan fingerprint density at radius 1 is 1.19 bits per heavy atom. The number of nitrogens with zero attached hydrogens (tertiary/aromatic N) is 1. The van der Waals surface area contributed by atoms with Crippen LogP contribution in [0, 0.1) is 0 Å². The molecule has 3 rings (SSSR count). The molecule has 6 nitrogen and oxygen atoms in total. The summed E-state index contributed by atoms with van der Waals surface area (Å²) < 4.78 is 5.76. The van der Waals surface area contributed by atoms with Crippen molar-refractivity contribution < 1.29 is 14.3 Å². The second-order valence-corrected chi connectivity index (χ2v) is 6.67. The second-order valence-electron chi connectivity index (χ2n) is 5.82. The van der Waals surface area contributed by atoms with Crippen LogP contribution in [0.5, 0.6) is 5.75 Å². The summed E-state index contributed by atoms with van der Waals surface area (Å²) in [6.07, 6.45) is 1.32. The smallest absolute Gasteiger partial charge is 0.262 e. The van der Waals surface area contributed by atoms with Crippen molar-refractivity contribution in [3.8, 4) is 5.75 Å². The molecule has 0 aliphatic carbocycles. The molecule has 2 aromatic rings. The van der Waals surface area contributed by atoms with Crippen LogP contribution in [-0.2, 0) is 9.59 Å². The summed E-state index contributed by atoms with van der Waals surface area (Å²) in [5.74, 6) is 0.251. The molecule has 26 heavy (non-hydrogen) atoms. The first-order valence-corrected chi connectivity index (χ1v) is 9.50. The quantitative estimate of drug-likeness (QED) is 0.790. The number of amides is 2. The lowest BCUT2D eigenvalue weighted by Crippen LogP contribution is -2.50. The van der Waals surface area contributed by atoms with Crippen LogP contribution in [0.1, 0.15) is 0 Å². The Kier molecular flexibility index (Phi) is 5.68. The van der Waals surface area contributed by atoms with Crippen LogP contribution in [-0.4, -0.2) is 44.3 Å². The van der Waals surface area contributed by atoms with Crippen molar-refractivity contribution >= 4 is 35.0 Å². The highest BCUT2D eigenvalue weighted by Crippen LogP contribution is 2.33. The monoisotopic (exact) mass is 371 g/mol. The maximum atomic E-state index is 12.6. The van der Waals surface area contributed by atoms with E-state index in [0.29, 0.717) is 12.3 Å². The van der Waals surface area contributed by atoms with E-state index in [1.807, 2.05) is 53.6 Å². The third-order valence-electron chi connectivity index (χ3n) is 4.12. The number of likely N-dealkylation sites (N-methyl/N-ethyl adjacent to an activating group) is 1. The Morgan fingerprint density at radius 2 is 1.92 bits per heavy atom. The minimum Gasteiger partial charge on any atom is -0.477 e. The zero-order valence-corrected chi connectivity index (χ0v) is 15.5. The van der Waals surface area contributed by atoms with E-state index in [-0.39, 0.29) is 18.4 Å². The number of hydrogen-bond acceptors (Lipinski definition) is 5. The Labute approximate surface area is 156 Å². The zero-order chi connectivity index (χ0) is 18.5. The summed E-state index contributed by atoms with van der Waals surface area (Å²) in [5.41, 5.74) is 1.59. The topological polar surface area (TPSA) is 70.7 Å². The molecule has 0 unspecified atom stereocenters. The van der Waals surface area contributed by atoms with Gasteiger partial charge in [0.15, 0.2) is 6.10 Å². The van der Waals surface area contributed by atoms with Crippen molar-refractivity contribution in [2.75, 3.05) is 36.6 Å². The van der Waals surface area contributed by atoms with Crippen LogP contribution in [0.3, 0.4) is 0 Å². The van der Waals surface area contributed by atoms with Gasteiger partial charge in [0.05, 0.1) is 24.5 Å². The molecule has 0 fully saturated rings. The molecular weight excluding hydrogens is 350 g/mol. The minimum atomic E-state index is -0.652. The highest BCUT2D eigenvalue weighted by Gasteiger charge is 2.31. The number of carbonyl (C=O) groups excluding carboxylic acids is 2. The number of carbonyl (C=O) groups is 2. The highest BCUT2D eigenvalue weighted by atomic mass is 32.2. The second kappa shape index (κ2) is 8.14. The zero-order valence-electron chi connectivity index (χ0n) is 14.7. The van der Waals surface area contributed by atoms with Gasteiger partial charge in [0, 0.05) is 11.9 Å². The third kappa shape index (κ3) is 3.94. The van der Waals surface area contributed by atoms with Crippen LogP contribution in [0.25, 0.3) is 0 Å². The van der Waals surface area contributed by atoms with E-state index in [4.69, 9.17) is 4.74 Å². The summed E-state index contributed by atoms with van der Waals surface area (Å²) in [7, 11) is 1.57. The number of rotatable bonds is 5. The lowest BCUT2D eigenvalue weighted by atomic mass is 10.1. The molecule has 2 amide bonds. The summed E-state index contributed by atoms with van der Waals surface area (Å²) in [6, 6.07) is 15.1. The van der Waals surface area contributed by atoms with Crippen LogP contribution in [0.15, 0.2) is 53.4 Å². The van der Waals surface area contributed by atoms with Gasteiger partial charge in [-0.15, -0.1) is 11.8 Å². The Balaban J connectivity index is 1.77. The molecule has 1 aliphatic heterocycles. The fourth-order valence-corrected chi connectivity index (χ4v) is 3.42. The molecule has 0 saturated carbocycles. The highest BCUT2D eigenvalue weighted by molar-refractivity contribution is 7.98. The average molecular weight is 371 g/mol. The Morgan fingerprint density at radius 3 is 2.69 bits per heavy atom. The van der Waals surface area contributed by atoms with E-state index in [0.717, 1.165) is 16.3 Å². The molecule has 1 heterocycles. The van der Waals surface area contributed by atoms with E-state index in [1.54, 1.807) is 24.9 Å². The van der Waals surface area contributed by atoms with Crippen LogP contribution >= 0.6 is 11.8 Å². The lowest BCUT2D eigenvalue weighted by Gasteiger charge is -2.35. The molecule has 0 radical (unpaired) electrons. The van der Waals surface area contributed by atoms with E-state index in [9.17, 15) is 9.59 Å². The maximum absolute atomic E-state index is 12.6. The Bertz CT molecular complexity index is 812. The van der Waals surface area contributed by atoms with Crippen molar-refractivity contribution in [1.82, 2.24) is 5.32 Å². The van der Waals surface area contributed by atoms with Gasteiger partial charge >= 0.3 is 0 Å². The van der Waals surface area contributed by atoms with Crippen LogP contribution < -0.4 is 20.3 Å². The van der Waals surface area contributed by atoms with Gasteiger partial charge in [0.25, 0.3) is 5.91 Å². The molecule has 2 N–H and O–H groups in total. The molecule has 1 aliphatic rings. The average Bonchev–Trinajstić information content (AvgIpc) is 2.67. The standard InChI is InChI=1S/C19H21N3O3S/c1-20-19(24)16-11-22(14-8-4-5-9-15(14)25-16)12-18(23)21-13-7-3-6-10-17(13)26-2/h3-10,16H,11-12H2,1-2H3,(H,20,24)(H,21,23)/t16-/m1/s1. The van der Waals surface area contributed by atoms with Gasteiger partial charge in [-0.1, -0.05) is 24.3 Å². The minimum absolute atomic E-state index is 0.135. The normalized spacial score (nSPS) is 15.6. The first-order valence-electron chi connectivity index (χ1n) is 8.27. The molecule has 0 saturated heterocycles. The number of benzene rings is 2. The summed E-state index contributed by atoms with van der Waals surface area (Å²) in [6.45, 7) is 0.449. The Hall–Kier alpha value is -2.67. The van der Waals surface area contributed by atoms with Gasteiger partial charge in [0.1, 0.15) is 5.75 Å². The lowest BCUT2D eigenvalue weighted by molar-refractivity contribution is -0.127. The van der Waals surface area contributed by atoms with Gasteiger partial charge in [-0.3, -0.25) is 9.59 Å². The first-order chi connectivity index (χ1) is 12.6. The van der Waals surface area contributed by atoms with E-state index in [1.165, 1.54) is 0 Å². The predicted octanol–water partition coefficient (Wildman–Crippen LogP) is 2.36. The van der Waals surface area contributed by atoms with Gasteiger partial charge in [-0.2, -0.15) is 0 Å². The van der Waals surface area contributed by atoms with Crippen molar-refractivity contribution in [1.29, 1.82) is 0 Å². The van der Waals surface area contributed by atoms with Crippen LogP contribution in [0.4, 0.5) is 11.4 Å². The summed E-state index contributed by atoms with van der Waals surface area (Å²) in [4.78, 5) is 27.5. The van der Waals surface area contributed by atoms with Crippen molar-refractivity contribution in [2.45, 2.75) is 11.0 Å². The molecule has 0 aromatic heterocycles. The summed E-state index contributed by atoms with van der Waals surface area (Å²) >= 11 is 1.58. The number of hydrogen-bond donors (Lipinski definition) is 2. The fraction of sp³-hybridized carbons (Fsp3) is 0.263. The summed E-state index contributed by atoms with van der Waals surface area (Å²) in [5, 5.41) is 5.56. The molecule has 0 bridgehead atoms. The third-order valence-corrected chi connectivity index (χ3v) is 4.91. The van der Waals surface area contributed by atoms with E-state index >= 15 is 0 Å². The molecule has 1 atom stereocenters. The number of anilines is 2. The van der Waals surface area contributed by atoms with Crippen molar-refractivity contribution in [2.24, 2.45) is 0 Å². The van der Waals surface area contributed by atoms with Crippen molar-refractivity contribution in [3.63, 3.8) is 0 Å². The maximum Gasteiger partial charge on any atom is 0.262 e. The number of para-hydroxylation sites is 3. The van der Waals surface area contributed by atoms with Gasteiger partial charge in [0.2, 0.25) is 5.91 Å². The molecule has 2 aromatic carbocycles. The number of fused-ring (bicyclic) bond motifs is 1. The molecule has 7 heteroatoms. The first kappa shape index (κ1) is 18.1. The number of thioether (sulfide) groups is 1. The van der Waals surface area contributed by atoms with E-state index in [2.05, 4.69) is 10.6 Å². The SMILES string of the molecule is CNC(=O)[C@H]1CN(CC(=O)Nc2ccccc2SC)c2ccccc2O1. The molecule has 0 spiro atoms. The number of ether oxygens (including phenoxy) is 1. The largest absolute Gasteiger partial charge is 0.477 e. The van der Waals surface area contributed by atoms with Crippen LogP contribution in [0.2, 0.25) is 0 Å². The molecular formula is C19H21N3O3S. The number of nitrogens with one attached hydrogen (secondary N) is 2.